The van der Waals surface area contributed by atoms with Crippen molar-refractivity contribution in [1.82, 2.24) is 10.2 Å². The molecular weight excluding hydrogens is 509 g/mol. The lowest BCUT2D eigenvalue weighted by Crippen LogP contribution is -2.50. The van der Waals surface area contributed by atoms with E-state index in [9.17, 15) is 18.0 Å². The highest BCUT2D eigenvalue weighted by molar-refractivity contribution is 7.92. The second kappa shape index (κ2) is 13.1. The Hall–Kier alpha value is -2.29. The highest BCUT2D eigenvalue weighted by atomic mass is 35.5. The minimum Gasteiger partial charge on any atom is -0.352 e. The molecule has 2 rings (SSSR count). The van der Waals surface area contributed by atoms with Crippen molar-refractivity contribution >= 4 is 50.7 Å². The van der Waals surface area contributed by atoms with Crippen LogP contribution in [-0.4, -0.2) is 50.0 Å². The second-order valence-electron chi connectivity index (χ2n) is 8.62. The van der Waals surface area contributed by atoms with E-state index in [2.05, 4.69) is 5.32 Å². The zero-order valence-electron chi connectivity index (χ0n) is 20.5. The van der Waals surface area contributed by atoms with Crippen molar-refractivity contribution in [3.8, 4) is 0 Å². The van der Waals surface area contributed by atoms with E-state index >= 15 is 0 Å². The van der Waals surface area contributed by atoms with Crippen LogP contribution in [0, 0.1) is 0 Å². The molecule has 0 heterocycles. The minimum atomic E-state index is -3.59. The van der Waals surface area contributed by atoms with Gasteiger partial charge in [0.25, 0.3) is 0 Å². The third-order valence-electron chi connectivity index (χ3n) is 5.36. The van der Waals surface area contributed by atoms with Crippen LogP contribution in [0.3, 0.4) is 0 Å². The van der Waals surface area contributed by atoms with Gasteiger partial charge in [0.1, 0.15) is 6.04 Å². The summed E-state index contributed by atoms with van der Waals surface area (Å²) in [6.45, 7) is 5.84. The van der Waals surface area contributed by atoms with E-state index in [1.54, 1.807) is 36.4 Å². The number of anilines is 1. The number of benzene rings is 2. The van der Waals surface area contributed by atoms with Crippen LogP contribution >= 0.6 is 23.2 Å². The lowest BCUT2D eigenvalue weighted by atomic mass is 10.1. The number of carbonyl (C=O) groups is 2. The zero-order valence-corrected chi connectivity index (χ0v) is 22.8. The number of rotatable bonds is 12. The highest BCUT2D eigenvalue weighted by Crippen LogP contribution is 2.24. The molecule has 1 atom stereocenters. The Morgan fingerprint density at radius 2 is 1.74 bits per heavy atom. The Balaban J connectivity index is 2.23. The Morgan fingerprint density at radius 3 is 2.31 bits per heavy atom. The zero-order chi connectivity index (χ0) is 26.2. The molecule has 0 aliphatic carbocycles. The molecular formula is C25H33Cl2N3O4S. The first kappa shape index (κ1) is 28.9. The van der Waals surface area contributed by atoms with Crippen LogP contribution in [-0.2, 0) is 26.2 Å². The quantitative estimate of drug-likeness (QED) is 0.415. The van der Waals surface area contributed by atoms with Gasteiger partial charge in [-0.15, -0.1) is 0 Å². The fourth-order valence-electron chi connectivity index (χ4n) is 3.75. The largest absolute Gasteiger partial charge is 0.352 e. The van der Waals surface area contributed by atoms with Crippen LogP contribution in [0.2, 0.25) is 10.0 Å². The molecule has 0 spiro atoms. The van der Waals surface area contributed by atoms with Crippen molar-refractivity contribution in [2.24, 2.45) is 0 Å². The summed E-state index contributed by atoms with van der Waals surface area (Å²) in [5.74, 6) is -0.491. The molecule has 10 heteroatoms. The van der Waals surface area contributed by atoms with E-state index in [1.165, 1.54) is 9.21 Å². The number of nitrogens with zero attached hydrogens (tertiary/aromatic N) is 2. The van der Waals surface area contributed by atoms with Crippen molar-refractivity contribution in [3.63, 3.8) is 0 Å². The van der Waals surface area contributed by atoms with Crippen molar-refractivity contribution in [1.29, 1.82) is 0 Å². The molecule has 0 saturated carbocycles. The standard InChI is InChI=1S/C25H33Cl2N3O4S/c1-5-23(25(32)28-18(2)3)29(17-19-10-6-7-13-22(19)27)24(31)14-9-15-30(35(4,33)34)21-12-8-11-20(26)16-21/h6-8,10-13,16,18,23H,5,9,14-15,17H2,1-4H3,(H,28,32)/t23-/m0/s1. The number of carbonyl (C=O) groups excluding carboxylic acids is 2. The van der Waals surface area contributed by atoms with Crippen molar-refractivity contribution < 1.29 is 18.0 Å². The first-order valence-electron chi connectivity index (χ1n) is 11.5. The van der Waals surface area contributed by atoms with Gasteiger partial charge in [-0.05, 0) is 56.5 Å². The maximum Gasteiger partial charge on any atom is 0.243 e. The van der Waals surface area contributed by atoms with Crippen LogP contribution in [0.5, 0.6) is 0 Å². The number of hydrogen-bond donors (Lipinski definition) is 1. The van der Waals surface area contributed by atoms with Crippen LogP contribution < -0.4 is 9.62 Å². The summed E-state index contributed by atoms with van der Waals surface area (Å²) in [6.07, 6.45) is 1.86. The first-order chi connectivity index (χ1) is 16.4. The van der Waals surface area contributed by atoms with E-state index in [0.717, 1.165) is 11.8 Å². The molecule has 0 fully saturated rings. The Morgan fingerprint density at radius 1 is 1.06 bits per heavy atom. The summed E-state index contributed by atoms with van der Waals surface area (Å²) in [5, 5.41) is 3.81. The average molecular weight is 543 g/mol. The molecule has 0 unspecified atom stereocenters. The van der Waals surface area contributed by atoms with Gasteiger partial charge >= 0.3 is 0 Å². The number of halogens is 2. The Bertz CT molecular complexity index is 1130. The molecule has 0 aliphatic rings. The van der Waals surface area contributed by atoms with Crippen LogP contribution in [0.1, 0.15) is 45.6 Å². The first-order valence-corrected chi connectivity index (χ1v) is 14.1. The monoisotopic (exact) mass is 541 g/mol. The van der Waals surface area contributed by atoms with Gasteiger partial charge < -0.3 is 10.2 Å². The number of hydrogen-bond acceptors (Lipinski definition) is 4. The summed E-state index contributed by atoms with van der Waals surface area (Å²) in [5.41, 5.74) is 1.16. The van der Waals surface area contributed by atoms with Gasteiger partial charge in [-0.2, -0.15) is 0 Å². The predicted molar refractivity (Wildman–Crippen MR) is 142 cm³/mol. The molecule has 2 aromatic carbocycles. The molecule has 192 valence electrons. The highest BCUT2D eigenvalue weighted by Gasteiger charge is 2.29. The van der Waals surface area contributed by atoms with Gasteiger partial charge in [-0.25, -0.2) is 8.42 Å². The van der Waals surface area contributed by atoms with Gasteiger partial charge in [-0.1, -0.05) is 54.4 Å². The summed E-state index contributed by atoms with van der Waals surface area (Å²) < 4.78 is 26.0. The Labute approximate surface area is 218 Å². The maximum absolute atomic E-state index is 13.4. The fraction of sp³-hybridized carbons (Fsp3) is 0.440. The molecule has 35 heavy (non-hydrogen) atoms. The van der Waals surface area contributed by atoms with Gasteiger partial charge in [-0.3, -0.25) is 13.9 Å². The lowest BCUT2D eigenvalue weighted by molar-refractivity contribution is -0.141. The van der Waals surface area contributed by atoms with Crippen LogP contribution in [0.4, 0.5) is 5.69 Å². The lowest BCUT2D eigenvalue weighted by Gasteiger charge is -2.32. The van der Waals surface area contributed by atoms with E-state index in [-0.39, 0.29) is 43.8 Å². The summed E-state index contributed by atoms with van der Waals surface area (Å²) in [7, 11) is -3.59. The van der Waals surface area contributed by atoms with Gasteiger partial charge in [0.05, 0.1) is 11.9 Å². The van der Waals surface area contributed by atoms with Gasteiger partial charge in [0.15, 0.2) is 0 Å². The van der Waals surface area contributed by atoms with E-state index < -0.39 is 16.1 Å². The summed E-state index contributed by atoms with van der Waals surface area (Å²) >= 11 is 12.4. The molecule has 0 aromatic heterocycles. The molecule has 0 radical (unpaired) electrons. The molecule has 2 amide bonds. The van der Waals surface area contributed by atoms with Crippen LogP contribution in [0.25, 0.3) is 0 Å². The number of sulfonamides is 1. The van der Waals surface area contributed by atoms with Gasteiger partial charge in [0, 0.05) is 35.6 Å². The van der Waals surface area contributed by atoms with Crippen molar-refractivity contribution in [2.45, 2.75) is 58.7 Å². The number of nitrogens with one attached hydrogen (secondary N) is 1. The van der Waals surface area contributed by atoms with Gasteiger partial charge in [0.2, 0.25) is 21.8 Å². The maximum atomic E-state index is 13.4. The molecule has 1 N–H and O–H groups in total. The smallest absolute Gasteiger partial charge is 0.243 e. The summed E-state index contributed by atoms with van der Waals surface area (Å²) in [4.78, 5) is 27.8. The van der Waals surface area contributed by atoms with Crippen LogP contribution in [0.15, 0.2) is 48.5 Å². The third kappa shape index (κ3) is 8.70. The third-order valence-corrected chi connectivity index (χ3v) is 7.16. The molecule has 0 saturated heterocycles. The SMILES string of the molecule is CC[C@@H](C(=O)NC(C)C)N(Cc1ccccc1Cl)C(=O)CCCN(c1cccc(Cl)c1)S(C)(=O)=O. The van der Waals surface area contributed by atoms with Crippen molar-refractivity contribution in [3.05, 3.63) is 64.1 Å². The Kier molecular flexibility index (Phi) is 10.9. The molecule has 0 aliphatic heterocycles. The number of amides is 2. The predicted octanol–water partition coefficient (Wildman–Crippen LogP) is 4.87. The minimum absolute atomic E-state index is 0.0580. The fourth-order valence-corrected chi connectivity index (χ4v) is 5.08. The van der Waals surface area contributed by atoms with E-state index in [1.807, 2.05) is 32.9 Å². The topological polar surface area (TPSA) is 86.8 Å². The average Bonchev–Trinajstić information content (AvgIpc) is 2.76. The second-order valence-corrected chi connectivity index (χ2v) is 11.4. The van der Waals surface area contributed by atoms with E-state index in [0.29, 0.717) is 22.2 Å². The van der Waals surface area contributed by atoms with Crippen molar-refractivity contribution in [2.75, 3.05) is 17.1 Å². The molecule has 2 aromatic rings. The molecule has 7 nitrogen and oxygen atoms in total. The molecule has 0 bridgehead atoms. The van der Waals surface area contributed by atoms with E-state index in [4.69, 9.17) is 23.2 Å². The summed E-state index contributed by atoms with van der Waals surface area (Å²) in [6, 6.07) is 13.0. The normalized spacial score (nSPS) is 12.3.